The molecule has 180 valence electrons. The van der Waals surface area contributed by atoms with Crippen LogP contribution in [0.4, 0.5) is 20.7 Å². The van der Waals surface area contributed by atoms with Crippen LogP contribution in [0.3, 0.4) is 0 Å². The minimum absolute atomic E-state index is 0.270. The van der Waals surface area contributed by atoms with E-state index in [1.54, 1.807) is 52.4 Å². The molecule has 0 unspecified atom stereocenters. The number of aliphatic hydroxyl groups excluding tert-OH is 1. The molecule has 2 aliphatic rings. The molecule has 0 bridgehead atoms. The molecule has 0 radical (unpaired) electrons. The highest BCUT2D eigenvalue weighted by atomic mass is 19.1. The molecule has 0 saturated carbocycles. The number of amides is 2. The summed E-state index contributed by atoms with van der Waals surface area (Å²) in [5.41, 5.74) is 1.30. The Kier molecular flexibility index (Phi) is 6.06. The minimum atomic E-state index is -0.600. The van der Waals surface area contributed by atoms with Gasteiger partial charge in [0.1, 0.15) is 30.7 Å². The van der Waals surface area contributed by atoms with E-state index in [9.17, 15) is 9.59 Å². The number of pyridine rings is 1. The van der Waals surface area contributed by atoms with Crippen LogP contribution in [0.25, 0.3) is 11.1 Å². The molecule has 4 heterocycles. The average molecular weight is 480 g/mol. The number of aromatic nitrogens is 4. The molecule has 1 saturated heterocycles. The first kappa shape index (κ1) is 22.4. The third-order valence-corrected chi connectivity index (χ3v) is 5.66. The fourth-order valence-corrected chi connectivity index (χ4v) is 3.87. The van der Waals surface area contributed by atoms with Gasteiger partial charge in [-0.05, 0) is 30.3 Å². The largest absolute Gasteiger partial charge is 0.442 e. The second kappa shape index (κ2) is 9.46. The molecule has 1 fully saturated rings. The average Bonchev–Trinajstić information content (AvgIpc) is 3.53. The first-order valence-corrected chi connectivity index (χ1v) is 10.8. The van der Waals surface area contributed by atoms with Crippen molar-refractivity contribution in [3.8, 4) is 11.1 Å². The van der Waals surface area contributed by atoms with Gasteiger partial charge in [0.05, 0.1) is 31.5 Å². The Hall–Kier alpha value is -4.39. The van der Waals surface area contributed by atoms with E-state index >= 15 is 4.39 Å². The first-order chi connectivity index (χ1) is 17.0. The molecule has 2 aliphatic heterocycles. The summed E-state index contributed by atoms with van der Waals surface area (Å²) in [6.07, 6.45) is 5.25. The zero-order valence-electron chi connectivity index (χ0n) is 18.4. The summed E-state index contributed by atoms with van der Waals surface area (Å²) >= 11 is 0. The Morgan fingerprint density at radius 1 is 1.23 bits per heavy atom. The third-order valence-electron chi connectivity index (χ3n) is 5.66. The minimum Gasteiger partial charge on any atom is -0.442 e. The number of carbonyl (C=O) groups is 2. The molecule has 1 aromatic carbocycles. The number of benzene rings is 1. The zero-order valence-corrected chi connectivity index (χ0v) is 18.4. The van der Waals surface area contributed by atoms with Crippen LogP contribution in [0.15, 0.2) is 54.0 Å². The Labute approximate surface area is 198 Å². The standard InChI is InChI=1S/C22H21FN8O4/c23-19-9-16(30-12-17(35-22(30)34)11-29-6-5-25-27-29)2-3-18(19)15-1-4-20(24-10-15)28-7-8-31(26-14-28)21(33)13-32/h1-6,9-10,14,17,32H,7-8,11-13H2/t17-/m0/s1. The summed E-state index contributed by atoms with van der Waals surface area (Å²) in [7, 11) is 0. The lowest BCUT2D eigenvalue weighted by Gasteiger charge is -2.27. The summed E-state index contributed by atoms with van der Waals surface area (Å²) < 4.78 is 21.9. The predicted molar refractivity (Wildman–Crippen MR) is 122 cm³/mol. The van der Waals surface area contributed by atoms with Crippen molar-refractivity contribution >= 4 is 29.8 Å². The number of halogens is 1. The number of hydrogen-bond donors (Lipinski definition) is 1. The lowest BCUT2D eigenvalue weighted by Crippen LogP contribution is -2.41. The summed E-state index contributed by atoms with van der Waals surface area (Å²) in [5, 5.41) is 21.7. The van der Waals surface area contributed by atoms with Gasteiger partial charge in [0.2, 0.25) is 0 Å². The lowest BCUT2D eigenvalue weighted by molar-refractivity contribution is -0.134. The van der Waals surface area contributed by atoms with Crippen molar-refractivity contribution < 1.29 is 23.8 Å². The quantitative estimate of drug-likeness (QED) is 0.555. The summed E-state index contributed by atoms with van der Waals surface area (Å²) in [6.45, 7) is 0.796. The van der Waals surface area contributed by atoms with Crippen LogP contribution in [-0.4, -0.2) is 80.8 Å². The monoisotopic (exact) mass is 480 g/mol. The molecule has 1 N–H and O–H groups in total. The molecular formula is C22H21FN8O4. The molecule has 35 heavy (non-hydrogen) atoms. The number of aliphatic hydroxyl groups is 1. The van der Waals surface area contributed by atoms with Crippen LogP contribution in [0.2, 0.25) is 0 Å². The normalized spacial score (nSPS) is 17.7. The van der Waals surface area contributed by atoms with E-state index in [1.165, 1.54) is 22.3 Å². The van der Waals surface area contributed by atoms with E-state index in [-0.39, 0.29) is 6.54 Å². The zero-order chi connectivity index (χ0) is 24.4. The first-order valence-electron chi connectivity index (χ1n) is 10.8. The predicted octanol–water partition coefficient (Wildman–Crippen LogP) is 1.09. The van der Waals surface area contributed by atoms with Crippen molar-refractivity contribution in [2.45, 2.75) is 12.6 Å². The van der Waals surface area contributed by atoms with Crippen molar-refractivity contribution in [3.05, 3.63) is 54.7 Å². The van der Waals surface area contributed by atoms with E-state index in [2.05, 4.69) is 20.4 Å². The Morgan fingerprint density at radius 3 is 2.77 bits per heavy atom. The number of nitrogens with zero attached hydrogens (tertiary/aromatic N) is 8. The van der Waals surface area contributed by atoms with Gasteiger partial charge in [0, 0.05) is 30.1 Å². The van der Waals surface area contributed by atoms with E-state index in [1.807, 2.05) is 0 Å². The Bertz CT molecular complexity index is 1250. The van der Waals surface area contributed by atoms with E-state index in [0.717, 1.165) is 0 Å². The second-order valence-electron chi connectivity index (χ2n) is 7.91. The van der Waals surface area contributed by atoms with Gasteiger partial charge in [0.25, 0.3) is 5.91 Å². The Morgan fingerprint density at radius 2 is 2.11 bits per heavy atom. The van der Waals surface area contributed by atoms with Crippen molar-refractivity contribution in [1.82, 2.24) is 25.0 Å². The topological polar surface area (TPSA) is 129 Å². The number of cyclic esters (lactones) is 1. The molecule has 0 aliphatic carbocycles. The van der Waals surface area contributed by atoms with Crippen molar-refractivity contribution in [2.75, 3.05) is 36.0 Å². The molecule has 13 heteroatoms. The van der Waals surface area contributed by atoms with Gasteiger partial charge in [-0.25, -0.2) is 23.9 Å². The van der Waals surface area contributed by atoms with Crippen LogP contribution in [0, 0.1) is 5.82 Å². The molecule has 3 aromatic rings. The van der Waals surface area contributed by atoms with Gasteiger partial charge >= 0.3 is 6.09 Å². The van der Waals surface area contributed by atoms with Crippen LogP contribution in [0.5, 0.6) is 0 Å². The van der Waals surface area contributed by atoms with Crippen LogP contribution >= 0.6 is 0 Å². The van der Waals surface area contributed by atoms with Crippen molar-refractivity contribution in [1.29, 1.82) is 0 Å². The summed E-state index contributed by atoms with van der Waals surface area (Å²) in [4.78, 5) is 31.3. The van der Waals surface area contributed by atoms with Gasteiger partial charge < -0.3 is 14.7 Å². The number of ether oxygens (including phenoxy) is 1. The Balaban J connectivity index is 1.27. The van der Waals surface area contributed by atoms with Gasteiger partial charge in [0.15, 0.2) is 0 Å². The molecule has 2 aromatic heterocycles. The number of anilines is 2. The van der Waals surface area contributed by atoms with Crippen LogP contribution in [-0.2, 0) is 16.1 Å². The van der Waals surface area contributed by atoms with Crippen molar-refractivity contribution in [2.24, 2.45) is 5.10 Å². The molecule has 0 spiro atoms. The highest BCUT2D eigenvalue weighted by molar-refractivity contribution is 5.90. The number of carbonyl (C=O) groups excluding carboxylic acids is 2. The molecular weight excluding hydrogens is 459 g/mol. The van der Waals surface area contributed by atoms with E-state index in [0.29, 0.717) is 42.3 Å². The van der Waals surface area contributed by atoms with E-state index < -0.39 is 30.5 Å². The van der Waals surface area contributed by atoms with Crippen LogP contribution in [0.1, 0.15) is 0 Å². The molecule has 5 rings (SSSR count). The molecule has 1 atom stereocenters. The molecule has 12 nitrogen and oxygen atoms in total. The number of hydrazone groups is 1. The van der Waals surface area contributed by atoms with Gasteiger partial charge in [-0.2, -0.15) is 5.10 Å². The maximum Gasteiger partial charge on any atom is 0.414 e. The SMILES string of the molecule is O=C(CO)N1CCN(c2ccc(-c3ccc(N4C[C@H](Cn5ccnn5)OC4=O)cc3F)cn2)C=N1. The van der Waals surface area contributed by atoms with E-state index in [4.69, 9.17) is 9.84 Å². The second-order valence-corrected chi connectivity index (χ2v) is 7.91. The van der Waals surface area contributed by atoms with Gasteiger partial charge in [-0.3, -0.25) is 9.69 Å². The van der Waals surface area contributed by atoms with Crippen LogP contribution < -0.4 is 9.80 Å². The lowest BCUT2D eigenvalue weighted by atomic mass is 10.1. The maximum absolute atomic E-state index is 15.0. The smallest absolute Gasteiger partial charge is 0.414 e. The number of rotatable bonds is 6. The van der Waals surface area contributed by atoms with Crippen molar-refractivity contribution in [3.63, 3.8) is 0 Å². The summed E-state index contributed by atoms with van der Waals surface area (Å²) in [5.74, 6) is -0.387. The summed E-state index contributed by atoms with van der Waals surface area (Å²) in [6, 6.07) is 8.02. The fraction of sp³-hybridized carbons (Fsp3) is 0.273. The fourth-order valence-electron chi connectivity index (χ4n) is 3.87. The van der Waals surface area contributed by atoms with Gasteiger partial charge in [-0.15, -0.1) is 5.10 Å². The number of hydrogen-bond acceptors (Lipinski definition) is 9. The molecule has 2 amide bonds. The van der Waals surface area contributed by atoms with Gasteiger partial charge in [-0.1, -0.05) is 5.21 Å². The maximum atomic E-state index is 15.0. The third kappa shape index (κ3) is 4.66. The highest BCUT2D eigenvalue weighted by Crippen LogP contribution is 2.29. The highest BCUT2D eigenvalue weighted by Gasteiger charge is 2.33.